The normalized spacial score (nSPS) is 20.2. The van der Waals surface area contributed by atoms with Crippen LogP contribution in [0.15, 0.2) is 48.5 Å². The van der Waals surface area contributed by atoms with E-state index in [1.165, 1.54) is 0 Å². The second-order valence-electron chi connectivity index (χ2n) is 7.82. The van der Waals surface area contributed by atoms with E-state index < -0.39 is 0 Å². The number of piperidine rings is 1. The van der Waals surface area contributed by atoms with Crippen molar-refractivity contribution in [1.29, 1.82) is 0 Å². The highest BCUT2D eigenvalue weighted by Crippen LogP contribution is 2.58. The molecule has 6 heteroatoms. The van der Waals surface area contributed by atoms with Crippen molar-refractivity contribution in [3.63, 3.8) is 0 Å². The fourth-order valence-corrected chi connectivity index (χ4v) is 4.51. The number of fused-ring (bicyclic) bond motifs is 1. The Kier molecular flexibility index (Phi) is 4.09. The van der Waals surface area contributed by atoms with Crippen LogP contribution >= 0.6 is 0 Å². The van der Waals surface area contributed by atoms with E-state index in [0.29, 0.717) is 5.95 Å². The van der Waals surface area contributed by atoms with Crippen LogP contribution in [-0.2, 0) is 4.79 Å². The summed E-state index contributed by atoms with van der Waals surface area (Å²) in [6, 6.07) is 15.7. The van der Waals surface area contributed by atoms with E-state index in [4.69, 9.17) is 9.72 Å². The number of para-hydroxylation sites is 2. The number of carbonyl (C=O) groups is 1. The first-order valence-electron chi connectivity index (χ1n) is 9.84. The monoisotopic (exact) mass is 376 g/mol. The van der Waals surface area contributed by atoms with Crippen LogP contribution in [0.3, 0.4) is 0 Å². The Labute approximate surface area is 163 Å². The van der Waals surface area contributed by atoms with Crippen molar-refractivity contribution in [3.8, 4) is 11.4 Å². The predicted octanol–water partition coefficient (Wildman–Crippen LogP) is 3.36. The summed E-state index contributed by atoms with van der Waals surface area (Å²) in [5, 5.41) is 6.51. The number of aromatic nitrogens is 2. The van der Waals surface area contributed by atoms with Gasteiger partial charge in [-0.3, -0.25) is 14.7 Å². The van der Waals surface area contributed by atoms with Gasteiger partial charge in [0, 0.05) is 12.0 Å². The summed E-state index contributed by atoms with van der Waals surface area (Å²) >= 11 is 0. The third-order valence-electron chi connectivity index (χ3n) is 6.21. The molecule has 2 aliphatic rings. The van der Waals surface area contributed by atoms with Crippen molar-refractivity contribution < 1.29 is 9.53 Å². The predicted molar refractivity (Wildman–Crippen MR) is 109 cm³/mol. The molecule has 0 bridgehead atoms. The Hall–Kier alpha value is -2.86. The zero-order valence-electron chi connectivity index (χ0n) is 15.9. The lowest BCUT2D eigenvalue weighted by Crippen LogP contribution is -2.32. The Morgan fingerprint density at radius 3 is 2.86 bits per heavy atom. The van der Waals surface area contributed by atoms with Crippen molar-refractivity contribution in [2.24, 2.45) is 11.3 Å². The van der Waals surface area contributed by atoms with Gasteiger partial charge in [0.1, 0.15) is 5.75 Å². The largest absolute Gasteiger partial charge is 0.497 e. The fraction of sp³-hybridized carbons (Fsp3) is 0.364. The highest BCUT2D eigenvalue weighted by atomic mass is 16.5. The lowest BCUT2D eigenvalue weighted by Gasteiger charge is -2.23. The second-order valence-corrected chi connectivity index (χ2v) is 7.82. The molecule has 1 atom stereocenters. The van der Waals surface area contributed by atoms with E-state index in [-0.39, 0.29) is 17.2 Å². The summed E-state index contributed by atoms with van der Waals surface area (Å²) in [4.78, 5) is 17.7. The molecule has 2 heterocycles. The number of hydrogen-bond acceptors (Lipinski definition) is 4. The Balaban J connectivity index is 1.50. The van der Waals surface area contributed by atoms with E-state index in [1.807, 2.05) is 53.1 Å². The molecule has 144 valence electrons. The average molecular weight is 376 g/mol. The van der Waals surface area contributed by atoms with Gasteiger partial charge in [-0.1, -0.05) is 18.2 Å². The van der Waals surface area contributed by atoms with Crippen molar-refractivity contribution in [3.05, 3.63) is 48.5 Å². The lowest BCUT2D eigenvalue weighted by molar-refractivity contribution is -0.118. The topological polar surface area (TPSA) is 68.2 Å². The van der Waals surface area contributed by atoms with E-state index in [2.05, 4.69) is 10.6 Å². The number of nitrogens with one attached hydrogen (secondary N) is 2. The van der Waals surface area contributed by atoms with Gasteiger partial charge < -0.3 is 10.1 Å². The number of ether oxygens (including phenoxy) is 1. The Morgan fingerprint density at radius 2 is 2.04 bits per heavy atom. The van der Waals surface area contributed by atoms with E-state index in [1.54, 1.807) is 7.11 Å². The van der Waals surface area contributed by atoms with Gasteiger partial charge in [0.15, 0.2) is 0 Å². The fourth-order valence-electron chi connectivity index (χ4n) is 4.51. The number of methoxy groups -OCH3 is 1. The number of anilines is 1. The summed E-state index contributed by atoms with van der Waals surface area (Å²) in [7, 11) is 1.65. The highest BCUT2D eigenvalue weighted by Gasteiger charge is 2.57. The van der Waals surface area contributed by atoms with Gasteiger partial charge in [-0.05, 0) is 62.0 Å². The molecule has 1 aromatic heterocycles. The molecule has 1 saturated carbocycles. The van der Waals surface area contributed by atoms with E-state index in [0.717, 1.165) is 54.8 Å². The van der Waals surface area contributed by atoms with Gasteiger partial charge in [-0.2, -0.15) is 0 Å². The lowest BCUT2D eigenvalue weighted by atomic mass is 9.92. The molecule has 1 aliphatic carbocycles. The van der Waals surface area contributed by atoms with Crippen LogP contribution in [0.4, 0.5) is 5.95 Å². The zero-order valence-corrected chi connectivity index (χ0v) is 15.9. The van der Waals surface area contributed by atoms with Crippen LogP contribution in [0.2, 0.25) is 0 Å². The first-order valence-corrected chi connectivity index (χ1v) is 9.84. The van der Waals surface area contributed by atoms with Crippen LogP contribution in [0.25, 0.3) is 16.7 Å². The van der Waals surface area contributed by atoms with Crippen LogP contribution < -0.4 is 15.4 Å². The van der Waals surface area contributed by atoms with Crippen LogP contribution in [0, 0.1) is 11.3 Å². The van der Waals surface area contributed by atoms with Crippen molar-refractivity contribution in [1.82, 2.24) is 14.9 Å². The first kappa shape index (κ1) is 17.3. The molecule has 1 aliphatic heterocycles. The third-order valence-corrected chi connectivity index (χ3v) is 6.21. The zero-order chi connectivity index (χ0) is 19.1. The van der Waals surface area contributed by atoms with Crippen LogP contribution in [0.1, 0.15) is 19.3 Å². The number of nitrogens with zero attached hydrogens (tertiary/aromatic N) is 2. The standard InChI is InChI=1S/C22H24N4O2/c1-28-16-6-4-5-15(13-16)26-19-8-3-2-7-18(19)24-21(26)25-20(27)17-14-22(17)9-11-23-12-10-22/h2-8,13,17,23H,9-12,14H2,1H3,(H,24,25,27). The third kappa shape index (κ3) is 2.85. The van der Waals surface area contributed by atoms with E-state index >= 15 is 0 Å². The maximum atomic E-state index is 13.0. The van der Waals surface area contributed by atoms with Gasteiger partial charge in [0.25, 0.3) is 0 Å². The quantitative estimate of drug-likeness (QED) is 0.733. The molecule has 3 aromatic rings. The second kappa shape index (κ2) is 6.63. The van der Waals surface area contributed by atoms with Gasteiger partial charge in [0.05, 0.1) is 23.8 Å². The molecule has 0 radical (unpaired) electrons. The maximum Gasteiger partial charge on any atom is 0.230 e. The van der Waals surface area contributed by atoms with Gasteiger partial charge in [-0.15, -0.1) is 0 Å². The number of imidazole rings is 1. The molecule has 1 saturated heterocycles. The molecule has 28 heavy (non-hydrogen) atoms. The molecular formula is C22H24N4O2. The van der Waals surface area contributed by atoms with Crippen molar-refractivity contribution >= 4 is 22.9 Å². The first-order chi connectivity index (χ1) is 13.7. The summed E-state index contributed by atoms with van der Waals surface area (Å²) in [5.74, 6) is 1.51. The number of carbonyl (C=O) groups excluding carboxylic acids is 1. The minimum absolute atomic E-state index is 0.0846. The molecule has 2 N–H and O–H groups in total. The minimum atomic E-state index is 0.0846. The molecule has 1 spiro atoms. The number of hydrogen-bond donors (Lipinski definition) is 2. The Morgan fingerprint density at radius 1 is 1.21 bits per heavy atom. The summed E-state index contributed by atoms with van der Waals surface area (Å²) < 4.78 is 7.38. The summed E-state index contributed by atoms with van der Waals surface area (Å²) in [6.45, 7) is 2.01. The number of benzene rings is 2. The van der Waals surface area contributed by atoms with E-state index in [9.17, 15) is 4.79 Å². The van der Waals surface area contributed by atoms with Crippen LogP contribution in [0.5, 0.6) is 5.75 Å². The maximum absolute atomic E-state index is 13.0. The molecule has 5 rings (SSSR count). The van der Waals surface area contributed by atoms with Gasteiger partial charge >= 0.3 is 0 Å². The van der Waals surface area contributed by atoms with Gasteiger partial charge in [-0.25, -0.2) is 4.98 Å². The van der Waals surface area contributed by atoms with Crippen molar-refractivity contribution in [2.75, 3.05) is 25.5 Å². The highest BCUT2D eigenvalue weighted by molar-refractivity contribution is 5.96. The SMILES string of the molecule is COc1cccc(-n2c(NC(=O)C3CC34CCNCC4)nc3ccccc32)c1. The molecule has 1 amide bonds. The molecule has 1 unspecified atom stereocenters. The number of amides is 1. The molecular weight excluding hydrogens is 352 g/mol. The molecule has 6 nitrogen and oxygen atoms in total. The number of rotatable bonds is 4. The van der Waals surface area contributed by atoms with Crippen LogP contribution in [-0.4, -0.2) is 35.7 Å². The van der Waals surface area contributed by atoms with Gasteiger partial charge in [0.2, 0.25) is 11.9 Å². The average Bonchev–Trinajstić information content (AvgIpc) is 3.29. The Bertz CT molecular complexity index is 1040. The van der Waals surface area contributed by atoms with Crippen molar-refractivity contribution in [2.45, 2.75) is 19.3 Å². The summed E-state index contributed by atoms with van der Waals surface area (Å²) in [6.07, 6.45) is 3.15. The molecule has 2 fully saturated rings. The smallest absolute Gasteiger partial charge is 0.230 e. The summed E-state index contributed by atoms with van der Waals surface area (Å²) in [5.41, 5.74) is 2.92. The minimum Gasteiger partial charge on any atom is -0.497 e. The molecule has 2 aromatic carbocycles.